The number of amides is 1. The van der Waals surface area contributed by atoms with Crippen LogP contribution in [0.15, 0.2) is 24.3 Å². The fraction of sp³-hybridized carbons (Fsp3) is 0.450. The van der Waals surface area contributed by atoms with Gasteiger partial charge in [0.25, 0.3) is 0 Å². The molecular weight excluding hydrogens is 334 g/mol. The molecule has 1 unspecified atom stereocenters. The van der Waals surface area contributed by atoms with Crippen molar-refractivity contribution in [1.29, 1.82) is 0 Å². The van der Waals surface area contributed by atoms with Crippen LogP contribution in [0.25, 0.3) is 6.08 Å². The monoisotopic (exact) mass is 357 g/mol. The fourth-order valence-electron chi connectivity index (χ4n) is 3.61. The van der Waals surface area contributed by atoms with Gasteiger partial charge in [-0.05, 0) is 36.6 Å². The first-order valence-electron chi connectivity index (χ1n) is 8.80. The third-order valence-corrected chi connectivity index (χ3v) is 5.07. The minimum Gasteiger partial charge on any atom is -0.486 e. The van der Waals surface area contributed by atoms with Crippen LogP contribution < -0.4 is 4.74 Å². The maximum absolute atomic E-state index is 12.8. The highest BCUT2D eigenvalue weighted by Gasteiger charge is 2.41. The van der Waals surface area contributed by atoms with E-state index in [2.05, 4.69) is 4.74 Å². The van der Waals surface area contributed by atoms with Gasteiger partial charge in [-0.2, -0.15) is 0 Å². The maximum atomic E-state index is 12.8. The van der Waals surface area contributed by atoms with E-state index >= 15 is 0 Å². The summed E-state index contributed by atoms with van der Waals surface area (Å²) in [4.78, 5) is 37.4. The maximum Gasteiger partial charge on any atom is 0.330 e. The molecule has 2 aliphatic rings. The van der Waals surface area contributed by atoms with Crippen LogP contribution in [-0.4, -0.2) is 48.4 Å². The van der Waals surface area contributed by atoms with Crippen molar-refractivity contribution in [1.82, 2.24) is 4.90 Å². The number of benzene rings is 1. The third kappa shape index (κ3) is 3.79. The number of fused-ring (bicyclic) bond motifs is 1. The van der Waals surface area contributed by atoms with Gasteiger partial charge in [0.1, 0.15) is 11.4 Å². The van der Waals surface area contributed by atoms with Crippen molar-refractivity contribution in [3.8, 4) is 5.75 Å². The molecule has 1 spiro atoms. The molecular formula is C20H23NO5. The Morgan fingerprint density at radius 3 is 2.81 bits per heavy atom. The number of Topliss-reactive ketones (excluding diaryl/α,β-unsaturated/α-hetero) is 1. The van der Waals surface area contributed by atoms with Gasteiger partial charge >= 0.3 is 5.97 Å². The van der Waals surface area contributed by atoms with E-state index in [1.807, 2.05) is 11.0 Å². The number of carbonyl (C=O) groups is 3. The zero-order valence-electron chi connectivity index (χ0n) is 15.1. The smallest absolute Gasteiger partial charge is 0.330 e. The third-order valence-electron chi connectivity index (χ3n) is 5.07. The molecule has 0 saturated carbocycles. The summed E-state index contributed by atoms with van der Waals surface area (Å²) in [5, 5.41) is 0. The Balaban J connectivity index is 1.80. The predicted molar refractivity (Wildman–Crippen MR) is 95.9 cm³/mol. The second-order valence-electron chi connectivity index (χ2n) is 6.86. The summed E-state index contributed by atoms with van der Waals surface area (Å²) in [5.41, 5.74) is 0.749. The molecule has 0 aliphatic carbocycles. The Bertz CT molecular complexity index is 769. The van der Waals surface area contributed by atoms with Crippen molar-refractivity contribution in [2.45, 2.75) is 38.2 Å². The van der Waals surface area contributed by atoms with Crippen molar-refractivity contribution in [2.75, 3.05) is 20.2 Å². The lowest BCUT2D eigenvalue weighted by Crippen LogP contribution is -2.43. The number of esters is 1. The van der Waals surface area contributed by atoms with Crippen molar-refractivity contribution in [2.24, 2.45) is 0 Å². The summed E-state index contributed by atoms with van der Waals surface area (Å²) < 4.78 is 10.8. The van der Waals surface area contributed by atoms with Crippen LogP contribution in [0.5, 0.6) is 5.75 Å². The Morgan fingerprint density at radius 1 is 1.27 bits per heavy atom. The van der Waals surface area contributed by atoms with Crippen molar-refractivity contribution >= 4 is 23.7 Å². The highest BCUT2D eigenvalue weighted by Crippen LogP contribution is 2.39. The molecule has 2 heterocycles. The molecule has 1 aromatic carbocycles. The average Bonchev–Trinajstić information content (AvgIpc) is 2.82. The number of ketones is 1. The van der Waals surface area contributed by atoms with E-state index in [0.29, 0.717) is 37.2 Å². The largest absolute Gasteiger partial charge is 0.486 e. The molecule has 138 valence electrons. The summed E-state index contributed by atoms with van der Waals surface area (Å²) in [6, 6.07) is 5.32. The van der Waals surface area contributed by atoms with Crippen LogP contribution in [0.1, 0.15) is 48.5 Å². The summed E-state index contributed by atoms with van der Waals surface area (Å²) in [5.74, 6) is 0.230. The molecule has 6 nitrogen and oxygen atoms in total. The van der Waals surface area contributed by atoms with E-state index in [1.165, 1.54) is 13.2 Å². The predicted octanol–water partition coefficient (Wildman–Crippen LogP) is 2.61. The molecule has 0 aromatic heterocycles. The van der Waals surface area contributed by atoms with Gasteiger partial charge in [-0.3, -0.25) is 9.59 Å². The Kier molecular flexibility index (Phi) is 5.11. The minimum atomic E-state index is -0.530. The minimum absolute atomic E-state index is 0.0378. The van der Waals surface area contributed by atoms with E-state index in [1.54, 1.807) is 25.1 Å². The summed E-state index contributed by atoms with van der Waals surface area (Å²) in [6.07, 6.45) is 5.48. The second kappa shape index (κ2) is 7.32. The lowest BCUT2D eigenvalue weighted by molar-refractivity contribution is -0.134. The van der Waals surface area contributed by atoms with Crippen molar-refractivity contribution in [3.05, 3.63) is 35.4 Å². The van der Waals surface area contributed by atoms with Crippen LogP contribution in [-0.2, 0) is 14.3 Å². The first-order valence-corrected chi connectivity index (χ1v) is 8.80. The molecule has 2 aliphatic heterocycles. The van der Waals surface area contributed by atoms with Gasteiger partial charge in [-0.15, -0.1) is 0 Å². The molecule has 0 N–H and O–H groups in total. The SMILES string of the molecule is COC(=O)C=Cc1ccc2c(c1)C(=O)CC1(CCCN(C(C)=O)CC1)O2. The van der Waals surface area contributed by atoms with E-state index < -0.39 is 11.6 Å². The topological polar surface area (TPSA) is 72.9 Å². The summed E-state index contributed by atoms with van der Waals surface area (Å²) in [6.45, 7) is 2.89. The van der Waals surface area contributed by atoms with Gasteiger partial charge in [0.2, 0.25) is 5.91 Å². The zero-order chi connectivity index (χ0) is 18.7. The lowest BCUT2D eigenvalue weighted by atomic mass is 9.84. The molecule has 1 saturated heterocycles. The van der Waals surface area contributed by atoms with Gasteiger partial charge in [0.15, 0.2) is 5.78 Å². The zero-order valence-corrected chi connectivity index (χ0v) is 15.1. The highest BCUT2D eigenvalue weighted by atomic mass is 16.5. The average molecular weight is 357 g/mol. The van der Waals surface area contributed by atoms with Gasteiger partial charge < -0.3 is 14.4 Å². The number of carbonyl (C=O) groups excluding carboxylic acids is 3. The number of rotatable bonds is 2. The molecule has 1 atom stereocenters. The standard InChI is InChI=1S/C20H23NO5/c1-14(22)21-10-3-8-20(9-11-21)13-17(23)16-12-15(4-6-18(16)26-20)5-7-19(24)25-2/h4-7,12H,3,8-11,13H2,1-2H3. The van der Waals surface area contributed by atoms with Gasteiger partial charge in [0, 0.05) is 32.5 Å². The van der Waals surface area contributed by atoms with Gasteiger partial charge in [0.05, 0.1) is 19.1 Å². The van der Waals surface area contributed by atoms with E-state index in [9.17, 15) is 14.4 Å². The van der Waals surface area contributed by atoms with Crippen LogP contribution in [0, 0.1) is 0 Å². The molecule has 1 fully saturated rings. The quantitative estimate of drug-likeness (QED) is 0.601. The number of ether oxygens (including phenoxy) is 2. The van der Waals surface area contributed by atoms with E-state index in [0.717, 1.165) is 18.4 Å². The Labute approximate surface area is 152 Å². The second-order valence-corrected chi connectivity index (χ2v) is 6.86. The first kappa shape index (κ1) is 18.2. The molecule has 1 amide bonds. The molecule has 0 radical (unpaired) electrons. The summed E-state index contributed by atoms with van der Waals surface area (Å²) in [7, 11) is 1.32. The Hall–Kier alpha value is -2.63. The number of likely N-dealkylation sites (tertiary alicyclic amines) is 1. The molecule has 26 heavy (non-hydrogen) atoms. The van der Waals surface area contributed by atoms with Crippen LogP contribution in [0.4, 0.5) is 0 Å². The van der Waals surface area contributed by atoms with E-state index in [4.69, 9.17) is 4.74 Å². The van der Waals surface area contributed by atoms with E-state index in [-0.39, 0.29) is 11.7 Å². The number of methoxy groups -OCH3 is 1. The number of nitrogens with zero attached hydrogens (tertiary/aromatic N) is 1. The molecule has 6 heteroatoms. The molecule has 3 rings (SSSR count). The summed E-state index contributed by atoms with van der Waals surface area (Å²) >= 11 is 0. The fourth-order valence-corrected chi connectivity index (χ4v) is 3.61. The van der Waals surface area contributed by atoms with Crippen LogP contribution in [0.2, 0.25) is 0 Å². The molecule has 0 bridgehead atoms. The van der Waals surface area contributed by atoms with Crippen molar-refractivity contribution in [3.63, 3.8) is 0 Å². The lowest BCUT2D eigenvalue weighted by Gasteiger charge is -2.37. The van der Waals surface area contributed by atoms with Crippen LogP contribution >= 0.6 is 0 Å². The molecule has 1 aromatic rings. The number of hydrogen-bond donors (Lipinski definition) is 0. The number of hydrogen-bond acceptors (Lipinski definition) is 5. The van der Waals surface area contributed by atoms with Crippen LogP contribution in [0.3, 0.4) is 0 Å². The normalized spacial score (nSPS) is 22.7. The first-order chi connectivity index (χ1) is 12.4. The Morgan fingerprint density at radius 2 is 2.08 bits per heavy atom. The highest BCUT2D eigenvalue weighted by molar-refractivity contribution is 6.01. The van der Waals surface area contributed by atoms with Crippen molar-refractivity contribution < 1.29 is 23.9 Å². The van der Waals surface area contributed by atoms with Gasteiger partial charge in [-0.25, -0.2) is 4.79 Å². The van der Waals surface area contributed by atoms with Gasteiger partial charge in [-0.1, -0.05) is 6.07 Å².